The molecule has 0 aliphatic carbocycles. The van der Waals surface area contributed by atoms with Gasteiger partial charge in [-0.15, -0.1) is 10.2 Å². The fourth-order valence-electron chi connectivity index (χ4n) is 3.21. The fraction of sp³-hybridized carbons (Fsp3) is 0.250. The molecule has 0 aliphatic heterocycles. The minimum Gasteiger partial charge on any atom is -0.342 e. The van der Waals surface area contributed by atoms with E-state index in [1.165, 1.54) is 4.80 Å². The van der Waals surface area contributed by atoms with Crippen molar-refractivity contribution in [3.05, 3.63) is 53.3 Å². The molecule has 142 valence electrons. The van der Waals surface area contributed by atoms with Gasteiger partial charge in [-0.2, -0.15) is 4.80 Å². The molecule has 0 fully saturated rings. The van der Waals surface area contributed by atoms with Crippen molar-refractivity contribution in [3.8, 4) is 11.4 Å². The van der Waals surface area contributed by atoms with E-state index in [2.05, 4.69) is 37.6 Å². The van der Waals surface area contributed by atoms with Crippen molar-refractivity contribution in [2.24, 2.45) is 0 Å². The first-order valence-corrected chi connectivity index (χ1v) is 9.16. The first kappa shape index (κ1) is 17.8. The number of aromatic nitrogens is 6. The van der Waals surface area contributed by atoms with Crippen LogP contribution in [0.3, 0.4) is 0 Å². The number of nitrogens with zero attached hydrogens (tertiary/aromatic N) is 5. The van der Waals surface area contributed by atoms with Crippen LogP contribution in [0.4, 0.5) is 5.69 Å². The lowest BCUT2D eigenvalue weighted by molar-refractivity contribution is -0.117. The summed E-state index contributed by atoms with van der Waals surface area (Å²) in [6, 6.07) is 11.7. The molecule has 0 bridgehead atoms. The maximum atomic E-state index is 12.5. The topological polar surface area (TPSA) is 101 Å². The number of tetrazole rings is 1. The Morgan fingerprint density at radius 3 is 2.89 bits per heavy atom. The van der Waals surface area contributed by atoms with Crippen molar-refractivity contribution in [3.63, 3.8) is 0 Å². The van der Waals surface area contributed by atoms with E-state index < -0.39 is 0 Å². The van der Waals surface area contributed by atoms with Gasteiger partial charge in [0.2, 0.25) is 11.7 Å². The summed E-state index contributed by atoms with van der Waals surface area (Å²) in [6.07, 6.45) is 0.846. The van der Waals surface area contributed by atoms with Crippen LogP contribution in [0.1, 0.15) is 23.9 Å². The highest BCUT2D eigenvalue weighted by Crippen LogP contribution is 2.22. The number of hydrogen-bond donors (Lipinski definition) is 2. The number of carbonyl (C=O) groups excluding carboxylic acids is 1. The third-order valence-corrected chi connectivity index (χ3v) is 4.60. The summed E-state index contributed by atoms with van der Waals surface area (Å²) in [5.41, 5.74) is 5.60. The van der Waals surface area contributed by atoms with Crippen LogP contribution in [0.25, 0.3) is 22.4 Å². The predicted molar refractivity (Wildman–Crippen MR) is 107 cm³/mol. The number of benzene rings is 2. The van der Waals surface area contributed by atoms with Gasteiger partial charge in [0.25, 0.3) is 0 Å². The molecule has 0 saturated heterocycles. The molecule has 8 nitrogen and oxygen atoms in total. The second-order valence-electron chi connectivity index (χ2n) is 6.71. The Morgan fingerprint density at radius 1 is 1.21 bits per heavy atom. The fourth-order valence-corrected chi connectivity index (χ4v) is 3.21. The third-order valence-electron chi connectivity index (χ3n) is 4.60. The van der Waals surface area contributed by atoms with Gasteiger partial charge >= 0.3 is 0 Å². The molecule has 0 atom stereocenters. The number of H-pyrrole nitrogens is 1. The molecule has 0 saturated carbocycles. The first-order chi connectivity index (χ1) is 13.5. The van der Waals surface area contributed by atoms with E-state index in [-0.39, 0.29) is 12.5 Å². The van der Waals surface area contributed by atoms with Crippen molar-refractivity contribution in [2.45, 2.75) is 33.7 Å². The van der Waals surface area contributed by atoms with Crippen LogP contribution in [0.15, 0.2) is 36.4 Å². The molecule has 8 heteroatoms. The zero-order valence-electron chi connectivity index (χ0n) is 16.0. The lowest BCUT2D eigenvalue weighted by atomic mass is 10.1. The van der Waals surface area contributed by atoms with Crippen molar-refractivity contribution in [1.29, 1.82) is 0 Å². The molecular weight excluding hydrogens is 354 g/mol. The van der Waals surface area contributed by atoms with Crippen LogP contribution >= 0.6 is 0 Å². The SMILES string of the molecule is CCc1cccc(C)c1NC(=O)Cn1nnc(-c2ccc3nc(C)[nH]c3c2)n1. The number of para-hydroxylation sites is 1. The Balaban J connectivity index is 1.50. The van der Waals surface area contributed by atoms with Crippen molar-refractivity contribution in [1.82, 2.24) is 30.2 Å². The molecule has 28 heavy (non-hydrogen) atoms. The number of carbonyl (C=O) groups is 1. The second-order valence-corrected chi connectivity index (χ2v) is 6.71. The van der Waals surface area contributed by atoms with Gasteiger partial charge in [0.1, 0.15) is 12.4 Å². The van der Waals surface area contributed by atoms with E-state index in [4.69, 9.17) is 0 Å². The molecule has 0 unspecified atom stereocenters. The van der Waals surface area contributed by atoms with E-state index in [0.717, 1.165) is 45.7 Å². The summed E-state index contributed by atoms with van der Waals surface area (Å²) < 4.78 is 0. The number of imidazole rings is 1. The first-order valence-electron chi connectivity index (χ1n) is 9.16. The summed E-state index contributed by atoms with van der Waals surface area (Å²) >= 11 is 0. The van der Waals surface area contributed by atoms with Gasteiger partial charge in [-0.3, -0.25) is 4.79 Å². The average Bonchev–Trinajstić information content (AvgIpc) is 3.28. The van der Waals surface area contributed by atoms with Crippen molar-refractivity contribution >= 4 is 22.6 Å². The minimum atomic E-state index is -0.187. The van der Waals surface area contributed by atoms with Crippen LogP contribution in [0, 0.1) is 13.8 Å². The Labute approximate surface area is 162 Å². The van der Waals surface area contributed by atoms with Gasteiger partial charge in [0.15, 0.2) is 0 Å². The molecule has 0 radical (unpaired) electrons. The van der Waals surface area contributed by atoms with Crippen LogP contribution in [0.5, 0.6) is 0 Å². The molecular formula is C20H21N7O. The Bertz CT molecular complexity index is 1160. The maximum Gasteiger partial charge on any atom is 0.248 e. The largest absolute Gasteiger partial charge is 0.342 e. The minimum absolute atomic E-state index is 0.00407. The standard InChI is InChI=1S/C20H21N7O/c1-4-14-7-5-6-12(2)19(14)23-18(28)11-27-25-20(24-26-27)15-8-9-16-17(10-15)22-13(3)21-16/h5-10H,4,11H2,1-3H3,(H,21,22)(H,23,28). The summed E-state index contributed by atoms with van der Waals surface area (Å²) in [5, 5.41) is 15.4. The highest BCUT2D eigenvalue weighted by Gasteiger charge is 2.13. The van der Waals surface area contributed by atoms with E-state index in [1.807, 2.05) is 50.2 Å². The normalized spacial score (nSPS) is 11.1. The lowest BCUT2D eigenvalue weighted by Crippen LogP contribution is -2.21. The van der Waals surface area contributed by atoms with Crippen molar-refractivity contribution in [2.75, 3.05) is 5.32 Å². The molecule has 0 spiro atoms. The van der Waals surface area contributed by atoms with Crippen LogP contribution in [0.2, 0.25) is 0 Å². The summed E-state index contributed by atoms with van der Waals surface area (Å²) in [7, 11) is 0. The summed E-state index contributed by atoms with van der Waals surface area (Å²) in [6.45, 7) is 5.95. The molecule has 2 N–H and O–H groups in total. The highest BCUT2D eigenvalue weighted by atomic mass is 16.2. The number of fused-ring (bicyclic) bond motifs is 1. The van der Waals surface area contributed by atoms with Gasteiger partial charge in [0.05, 0.1) is 11.0 Å². The number of rotatable bonds is 5. The maximum absolute atomic E-state index is 12.5. The molecule has 2 aromatic carbocycles. The predicted octanol–water partition coefficient (Wildman–Crippen LogP) is 3.03. The van der Waals surface area contributed by atoms with Gasteiger partial charge in [-0.25, -0.2) is 4.98 Å². The Hall–Kier alpha value is -3.55. The molecule has 4 aromatic rings. The van der Waals surface area contributed by atoms with E-state index in [9.17, 15) is 4.79 Å². The summed E-state index contributed by atoms with van der Waals surface area (Å²) in [5.74, 6) is 1.13. The molecule has 2 heterocycles. The Morgan fingerprint density at radius 2 is 2.07 bits per heavy atom. The second kappa shape index (κ2) is 7.22. The Kier molecular flexibility index (Phi) is 4.60. The van der Waals surface area contributed by atoms with Gasteiger partial charge < -0.3 is 10.3 Å². The molecule has 1 amide bonds. The number of nitrogens with one attached hydrogen (secondary N) is 2. The quantitative estimate of drug-likeness (QED) is 0.558. The number of hydrogen-bond acceptors (Lipinski definition) is 5. The summed E-state index contributed by atoms with van der Waals surface area (Å²) in [4.78, 5) is 21.4. The average molecular weight is 375 g/mol. The number of aromatic amines is 1. The van der Waals surface area contributed by atoms with Crippen LogP contribution in [-0.4, -0.2) is 36.1 Å². The van der Waals surface area contributed by atoms with E-state index >= 15 is 0 Å². The number of anilines is 1. The number of amides is 1. The smallest absolute Gasteiger partial charge is 0.248 e. The lowest BCUT2D eigenvalue weighted by Gasteiger charge is -2.12. The molecule has 2 aromatic heterocycles. The van der Waals surface area contributed by atoms with Gasteiger partial charge in [0, 0.05) is 11.3 Å². The molecule has 4 rings (SSSR count). The van der Waals surface area contributed by atoms with Gasteiger partial charge in [-0.1, -0.05) is 25.1 Å². The monoisotopic (exact) mass is 375 g/mol. The van der Waals surface area contributed by atoms with Crippen molar-refractivity contribution < 1.29 is 4.79 Å². The third kappa shape index (κ3) is 3.48. The van der Waals surface area contributed by atoms with E-state index in [1.54, 1.807) is 0 Å². The van der Waals surface area contributed by atoms with Crippen LogP contribution in [-0.2, 0) is 17.8 Å². The number of aryl methyl sites for hydroxylation is 3. The zero-order valence-corrected chi connectivity index (χ0v) is 16.0. The molecule has 0 aliphatic rings. The highest BCUT2D eigenvalue weighted by molar-refractivity contribution is 5.92. The van der Waals surface area contributed by atoms with Gasteiger partial charge in [-0.05, 0) is 54.8 Å². The van der Waals surface area contributed by atoms with E-state index in [0.29, 0.717) is 5.82 Å². The van der Waals surface area contributed by atoms with Crippen LogP contribution < -0.4 is 5.32 Å². The zero-order chi connectivity index (χ0) is 19.7.